The van der Waals surface area contributed by atoms with Gasteiger partial charge in [0.1, 0.15) is 12.7 Å². The first-order valence-electron chi connectivity index (χ1n) is 8.56. The van der Waals surface area contributed by atoms with E-state index in [1.807, 2.05) is 0 Å². The van der Waals surface area contributed by atoms with E-state index in [1.54, 1.807) is 42.5 Å². The molecule has 1 aliphatic rings. The van der Waals surface area contributed by atoms with E-state index in [0.29, 0.717) is 34.3 Å². The van der Waals surface area contributed by atoms with Gasteiger partial charge in [-0.1, -0.05) is 37.6 Å². The molecule has 0 saturated heterocycles. The lowest BCUT2D eigenvalue weighted by Crippen LogP contribution is -2.40. The van der Waals surface area contributed by atoms with Crippen LogP contribution in [0.5, 0.6) is 11.5 Å². The number of nitrogens with zero attached hydrogens (tertiary/aromatic N) is 1. The van der Waals surface area contributed by atoms with E-state index in [2.05, 4.69) is 18.7 Å². The molecule has 1 unspecified atom stereocenters. The molecule has 0 bridgehead atoms. The standard InChI is InChI=1S/C20H22ClNO3/c1-3-22(4-2)12-17-13-24-18-9-8-15(11-19(18)25-17)20(23)14-6-5-7-16(21)10-14/h5-11,17H,3-4,12-13H2,1-2H3. The van der Waals surface area contributed by atoms with Crippen LogP contribution in [0.4, 0.5) is 0 Å². The molecular formula is C20H22ClNO3. The third kappa shape index (κ3) is 4.14. The molecule has 1 atom stereocenters. The zero-order valence-corrected chi connectivity index (χ0v) is 15.3. The fourth-order valence-electron chi connectivity index (χ4n) is 2.91. The largest absolute Gasteiger partial charge is 0.486 e. The molecule has 0 aromatic heterocycles. The van der Waals surface area contributed by atoms with Gasteiger partial charge in [0.15, 0.2) is 17.3 Å². The smallest absolute Gasteiger partial charge is 0.193 e. The molecule has 0 spiro atoms. The van der Waals surface area contributed by atoms with Crippen molar-refractivity contribution in [1.29, 1.82) is 0 Å². The maximum atomic E-state index is 12.7. The van der Waals surface area contributed by atoms with Crippen molar-refractivity contribution in [2.75, 3.05) is 26.2 Å². The van der Waals surface area contributed by atoms with Gasteiger partial charge in [0.25, 0.3) is 0 Å². The monoisotopic (exact) mass is 359 g/mol. The quantitative estimate of drug-likeness (QED) is 0.729. The van der Waals surface area contributed by atoms with Crippen molar-refractivity contribution in [2.45, 2.75) is 20.0 Å². The summed E-state index contributed by atoms with van der Waals surface area (Å²) in [6.07, 6.45) is -0.0380. The van der Waals surface area contributed by atoms with Gasteiger partial charge >= 0.3 is 0 Å². The zero-order valence-electron chi connectivity index (χ0n) is 14.5. The molecule has 0 N–H and O–H groups in total. The van der Waals surface area contributed by atoms with Crippen molar-refractivity contribution in [3.63, 3.8) is 0 Å². The number of ketones is 1. The molecule has 2 aromatic rings. The minimum Gasteiger partial charge on any atom is -0.486 e. The molecule has 4 nitrogen and oxygen atoms in total. The molecule has 5 heteroatoms. The number of hydrogen-bond donors (Lipinski definition) is 0. The van der Waals surface area contributed by atoms with Gasteiger partial charge in [-0.05, 0) is 43.4 Å². The maximum Gasteiger partial charge on any atom is 0.193 e. The third-order valence-corrected chi connectivity index (χ3v) is 4.60. The van der Waals surface area contributed by atoms with Crippen molar-refractivity contribution < 1.29 is 14.3 Å². The van der Waals surface area contributed by atoms with Crippen LogP contribution in [-0.4, -0.2) is 43.0 Å². The van der Waals surface area contributed by atoms with Crippen molar-refractivity contribution >= 4 is 17.4 Å². The van der Waals surface area contributed by atoms with Gasteiger partial charge in [-0.2, -0.15) is 0 Å². The highest BCUT2D eigenvalue weighted by Gasteiger charge is 2.24. The fraction of sp³-hybridized carbons (Fsp3) is 0.350. The van der Waals surface area contributed by atoms with Crippen LogP contribution in [0.2, 0.25) is 5.02 Å². The molecule has 0 radical (unpaired) electrons. The summed E-state index contributed by atoms with van der Waals surface area (Å²) in [7, 11) is 0. The molecule has 25 heavy (non-hydrogen) atoms. The molecule has 3 rings (SSSR count). The second-order valence-electron chi connectivity index (χ2n) is 6.04. The summed E-state index contributed by atoms with van der Waals surface area (Å²) < 4.78 is 11.9. The van der Waals surface area contributed by atoms with Crippen LogP contribution in [0.15, 0.2) is 42.5 Å². The topological polar surface area (TPSA) is 38.8 Å². The number of halogens is 1. The summed E-state index contributed by atoms with van der Waals surface area (Å²) in [5.41, 5.74) is 1.12. The number of fused-ring (bicyclic) bond motifs is 1. The Morgan fingerprint density at radius 2 is 1.88 bits per heavy atom. The van der Waals surface area contributed by atoms with E-state index in [9.17, 15) is 4.79 Å². The van der Waals surface area contributed by atoms with Gasteiger partial charge in [-0.15, -0.1) is 0 Å². The average Bonchev–Trinajstić information content (AvgIpc) is 2.64. The van der Waals surface area contributed by atoms with Crippen LogP contribution < -0.4 is 9.47 Å². The minimum atomic E-state index is -0.0835. The summed E-state index contributed by atoms with van der Waals surface area (Å²) in [4.78, 5) is 15.0. The van der Waals surface area contributed by atoms with Crippen molar-refractivity contribution in [2.24, 2.45) is 0 Å². The SMILES string of the molecule is CCN(CC)CC1COc2ccc(C(=O)c3cccc(Cl)c3)cc2O1. The fourth-order valence-corrected chi connectivity index (χ4v) is 3.10. The second-order valence-corrected chi connectivity index (χ2v) is 6.47. The van der Waals surface area contributed by atoms with Crippen LogP contribution in [0.1, 0.15) is 29.8 Å². The first kappa shape index (κ1) is 17.8. The van der Waals surface area contributed by atoms with Crippen LogP contribution in [0.25, 0.3) is 0 Å². The van der Waals surface area contributed by atoms with Crippen LogP contribution in [0.3, 0.4) is 0 Å². The van der Waals surface area contributed by atoms with Gasteiger partial charge in [-0.25, -0.2) is 0 Å². The normalized spacial score (nSPS) is 16.1. The second kappa shape index (κ2) is 7.89. The molecule has 0 aliphatic carbocycles. The lowest BCUT2D eigenvalue weighted by Gasteiger charge is -2.30. The van der Waals surface area contributed by atoms with Crippen LogP contribution >= 0.6 is 11.6 Å². The third-order valence-electron chi connectivity index (χ3n) is 4.37. The molecule has 2 aromatic carbocycles. The van der Waals surface area contributed by atoms with Crippen LogP contribution in [-0.2, 0) is 0 Å². The number of carbonyl (C=O) groups excluding carboxylic acids is 1. The highest BCUT2D eigenvalue weighted by Crippen LogP contribution is 2.33. The molecule has 132 valence electrons. The molecular weight excluding hydrogens is 338 g/mol. The predicted molar refractivity (Wildman–Crippen MR) is 99.0 cm³/mol. The van der Waals surface area contributed by atoms with E-state index in [0.717, 1.165) is 19.6 Å². The van der Waals surface area contributed by atoms with E-state index >= 15 is 0 Å². The summed E-state index contributed by atoms with van der Waals surface area (Å²) in [6, 6.07) is 12.3. The zero-order chi connectivity index (χ0) is 17.8. The van der Waals surface area contributed by atoms with Gasteiger partial charge in [0, 0.05) is 22.7 Å². The van der Waals surface area contributed by atoms with E-state index in [1.165, 1.54) is 0 Å². The maximum absolute atomic E-state index is 12.7. The Balaban J connectivity index is 1.79. The van der Waals surface area contributed by atoms with Crippen molar-refractivity contribution in [1.82, 2.24) is 4.90 Å². The molecule has 0 fully saturated rings. The predicted octanol–water partition coefficient (Wildman–Crippen LogP) is 4.05. The summed E-state index contributed by atoms with van der Waals surface area (Å²) >= 11 is 5.99. The lowest BCUT2D eigenvalue weighted by molar-refractivity contribution is 0.0613. The molecule has 1 aliphatic heterocycles. The average molecular weight is 360 g/mol. The highest BCUT2D eigenvalue weighted by molar-refractivity contribution is 6.31. The first-order chi connectivity index (χ1) is 12.1. The Hall–Kier alpha value is -2.04. The number of hydrogen-bond acceptors (Lipinski definition) is 4. The summed E-state index contributed by atoms with van der Waals surface area (Å²) in [5, 5.41) is 0.544. The van der Waals surface area contributed by atoms with Gasteiger partial charge in [-0.3, -0.25) is 4.79 Å². The van der Waals surface area contributed by atoms with Gasteiger partial charge in [0.2, 0.25) is 0 Å². The first-order valence-corrected chi connectivity index (χ1v) is 8.94. The Morgan fingerprint density at radius 3 is 2.60 bits per heavy atom. The number of benzene rings is 2. The number of ether oxygens (including phenoxy) is 2. The highest BCUT2D eigenvalue weighted by atomic mass is 35.5. The van der Waals surface area contributed by atoms with Crippen molar-refractivity contribution in [3.8, 4) is 11.5 Å². The minimum absolute atomic E-state index is 0.0380. The number of carbonyl (C=O) groups is 1. The Morgan fingerprint density at radius 1 is 1.12 bits per heavy atom. The van der Waals surface area contributed by atoms with E-state index in [-0.39, 0.29) is 11.9 Å². The van der Waals surface area contributed by atoms with E-state index in [4.69, 9.17) is 21.1 Å². The molecule has 0 saturated carbocycles. The van der Waals surface area contributed by atoms with E-state index < -0.39 is 0 Å². The lowest BCUT2D eigenvalue weighted by atomic mass is 10.0. The number of rotatable bonds is 6. The molecule has 0 amide bonds. The van der Waals surface area contributed by atoms with Crippen molar-refractivity contribution in [3.05, 3.63) is 58.6 Å². The Labute approximate surface area is 153 Å². The Bertz CT molecular complexity index is 758. The molecule has 1 heterocycles. The Kier molecular flexibility index (Phi) is 5.61. The van der Waals surface area contributed by atoms with Gasteiger partial charge in [0.05, 0.1) is 0 Å². The summed E-state index contributed by atoms with van der Waals surface area (Å²) in [6.45, 7) is 7.52. The van der Waals surface area contributed by atoms with Crippen LogP contribution in [0, 0.1) is 0 Å². The summed E-state index contributed by atoms with van der Waals surface area (Å²) in [5.74, 6) is 1.22. The number of likely N-dealkylation sites (N-methyl/N-ethyl adjacent to an activating group) is 1. The van der Waals surface area contributed by atoms with Gasteiger partial charge < -0.3 is 14.4 Å².